The number of benzene rings is 1. The number of anilines is 1. The van der Waals surface area contributed by atoms with Gasteiger partial charge in [0, 0.05) is 45.0 Å². The quantitative estimate of drug-likeness (QED) is 0.643. The molecule has 2 heterocycles. The Morgan fingerprint density at radius 1 is 1.23 bits per heavy atom. The molecule has 0 bridgehead atoms. The largest absolute Gasteiger partial charge is 0.494 e. The lowest BCUT2D eigenvalue weighted by atomic mass is 10.2. The Bertz CT molecular complexity index is 747. The smallest absolute Gasteiger partial charge is 0.251 e. The molecule has 2 saturated heterocycles. The topological polar surface area (TPSA) is 86.1 Å². The Morgan fingerprint density at radius 2 is 1.97 bits per heavy atom. The van der Waals surface area contributed by atoms with E-state index in [4.69, 9.17) is 14.7 Å². The van der Waals surface area contributed by atoms with Crippen LogP contribution in [0, 0.1) is 11.3 Å². The molecular formula is C22H30N4O4. The van der Waals surface area contributed by atoms with Crippen molar-refractivity contribution < 1.29 is 19.1 Å². The predicted octanol–water partition coefficient (Wildman–Crippen LogP) is 1.66. The van der Waals surface area contributed by atoms with Crippen LogP contribution in [0.25, 0.3) is 0 Å². The molecule has 0 aliphatic carbocycles. The highest BCUT2D eigenvalue weighted by Gasteiger charge is 2.31. The molecule has 162 valence electrons. The summed E-state index contributed by atoms with van der Waals surface area (Å²) < 4.78 is 11.0. The van der Waals surface area contributed by atoms with Crippen molar-refractivity contribution in [2.45, 2.75) is 32.3 Å². The molecule has 2 fully saturated rings. The second kappa shape index (κ2) is 11.0. The molecule has 8 nitrogen and oxygen atoms in total. The molecule has 1 aromatic rings. The van der Waals surface area contributed by atoms with Crippen LogP contribution in [0.5, 0.6) is 5.75 Å². The van der Waals surface area contributed by atoms with Gasteiger partial charge in [0.2, 0.25) is 5.91 Å². The first-order chi connectivity index (χ1) is 14.6. The molecule has 2 aliphatic heterocycles. The molecule has 1 unspecified atom stereocenters. The van der Waals surface area contributed by atoms with Crippen LogP contribution in [0.1, 0.15) is 26.2 Å². The fraction of sp³-hybridized carbons (Fsp3) is 0.591. The Balaban J connectivity index is 1.55. The minimum absolute atomic E-state index is 0.0479. The minimum Gasteiger partial charge on any atom is -0.494 e. The number of piperazine rings is 1. The van der Waals surface area contributed by atoms with Gasteiger partial charge in [-0.2, -0.15) is 5.26 Å². The van der Waals surface area contributed by atoms with Gasteiger partial charge in [0.1, 0.15) is 11.9 Å². The molecule has 0 N–H and O–H groups in total. The Hall–Kier alpha value is -2.63. The van der Waals surface area contributed by atoms with Crippen molar-refractivity contribution in [3.8, 4) is 11.8 Å². The van der Waals surface area contributed by atoms with Gasteiger partial charge in [0.25, 0.3) is 5.91 Å². The molecule has 3 rings (SSSR count). The first-order valence-corrected chi connectivity index (χ1v) is 10.6. The molecule has 1 atom stereocenters. The number of rotatable bonds is 8. The van der Waals surface area contributed by atoms with E-state index >= 15 is 0 Å². The summed E-state index contributed by atoms with van der Waals surface area (Å²) in [6.45, 7) is 6.29. The van der Waals surface area contributed by atoms with Crippen molar-refractivity contribution in [3.05, 3.63) is 24.3 Å². The number of nitrogens with zero attached hydrogens (tertiary/aromatic N) is 4. The Kier molecular flexibility index (Phi) is 8.05. The van der Waals surface area contributed by atoms with Crippen molar-refractivity contribution in [2.24, 2.45) is 0 Å². The van der Waals surface area contributed by atoms with Crippen molar-refractivity contribution in [3.63, 3.8) is 0 Å². The van der Waals surface area contributed by atoms with Gasteiger partial charge in [-0.25, -0.2) is 0 Å². The van der Waals surface area contributed by atoms with Gasteiger partial charge in [-0.3, -0.25) is 14.5 Å². The first-order valence-electron chi connectivity index (χ1n) is 10.6. The summed E-state index contributed by atoms with van der Waals surface area (Å²) >= 11 is 0. The van der Waals surface area contributed by atoms with Crippen molar-refractivity contribution >= 4 is 17.5 Å². The van der Waals surface area contributed by atoms with Gasteiger partial charge >= 0.3 is 0 Å². The summed E-state index contributed by atoms with van der Waals surface area (Å²) in [7, 11) is 0. The maximum Gasteiger partial charge on any atom is 0.251 e. The van der Waals surface area contributed by atoms with Gasteiger partial charge in [0.15, 0.2) is 0 Å². The molecule has 8 heteroatoms. The summed E-state index contributed by atoms with van der Waals surface area (Å²) in [4.78, 5) is 31.0. The molecule has 1 aromatic carbocycles. The zero-order valence-corrected chi connectivity index (χ0v) is 17.6. The molecule has 2 aliphatic rings. The zero-order valence-electron chi connectivity index (χ0n) is 17.6. The third-order valence-corrected chi connectivity index (χ3v) is 5.46. The van der Waals surface area contributed by atoms with Gasteiger partial charge in [-0.05, 0) is 44.0 Å². The summed E-state index contributed by atoms with van der Waals surface area (Å²) in [6.07, 6.45) is 1.71. The average molecular weight is 415 g/mol. The molecule has 30 heavy (non-hydrogen) atoms. The van der Waals surface area contributed by atoms with Crippen LogP contribution in [0.3, 0.4) is 0 Å². The normalized spacial score (nSPS) is 19.3. The van der Waals surface area contributed by atoms with Crippen LogP contribution in [-0.4, -0.2) is 80.2 Å². The number of hydrogen-bond acceptors (Lipinski definition) is 6. The van der Waals surface area contributed by atoms with Gasteiger partial charge in [-0.1, -0.05) is 0 Å². The van der Waals surface area contributed by atoms with E-state index in [9.17, 15) is 9.59 Å². The number of ether oxygens (including phenoxy) is 2. The summed E-state index contributed by atoms with van der Waals surface area (Å²) in [5.41, 5.74) is 0.755. The van der Waals surface area contributed by atoms with Gasteiger partial charge in [-0.15, -0.1) is 0 Å². The maximum absolute atomic E-state index is 13.0. The second-order valence-electron chi connectivity index (χ2n) is 7.48. The van der Waals surface area contributed by atoms with E-state index in [-0.39, 0.29) is 30.9 Å². The van der Waals surface area contributed by atoms with Gasteiger partial charge in [0.05, 0.1) is 25.6 Å². The molecule has 0 radical (unpaired) electrons. The van der Waals surface area contributed by atoms with Crippen LogP contribution in [0.15, 0.2) is 24.3 Å². The lowest BCUT2D eigenvalue weighted by Crippen LogP contribution is -2.53. The highest BCUT2D eigenvalue weighted by Crippen LogP contribution is 2.21. The van der Waals surface area contributed by atoms with Crippen molar-refractivity contribution in [2.75, 3.05) is 57.4 Å². The summed E-state index contributed by atoms with van der Waals surface area (Å²) in [5, 5.41) is 8.98. The zero-order chi connectivity index (χ0) is 21.3. The van der Waals surface area contributed by atoms with Crippen LogP contribution in [0.2, 0.25) is 0 Å². The van der Waals surface area contributed by atoms with Crippen molar-refractivity contribution in [1.82, 2.24) is 9.80 Å². The number of carbonyl (C=O) groups excluding carboxylic acids is 2. The number of amides is 2. The summed E-state index contributed by atoms with van der Waals surface area (Å²) in [5.74, 6) is 0.776. The van der Waals surface area contributed by atoms with E-state index in [0.29, 0.717) is 45.9 Å². The van der Waals surface area contributed by atoms with Gasteiger partial charge < -0.3 is 19.3 Å². The molecule has 0 saturated carbocycles. The molecule has 0 aromatic heterocycles. The van der Waals surface area contributed by atoms with E-state index in [1.807, 2.05) is 36.1 Å². The lowest BCUT2D eigenvalue weighted by Gasteiger charge is -2.36. The van der Waals surface area contributed by atoms with E-state index in [0.717, 1.165) is 24.3 Å². The monoisotopic (exact) mass is 414 g/mol. The SMILES string of the molecule is CCOc1ccc(N(CCC#N)C(=O)CN2CCN(C(=O)C3CCCO3)CC2)cc1. The lowest BCUT2D eigenvalue weighted by molar-refractivity contribution is -0.142. The highest BCUT2D eigenvalue weighted by molar-refractivity contribution is 5.95. The van der Waals surface area contributed by atoms with E-state index in [1.54, 1.807) is 4.90 Å². The van der Waals surface area contributed by atoms with E-state index in [1.165, 1.54) is 0 Å². The average Bonchev–Trinajstić information content (AvgIpc) is 3.30. The second-order valence-corrected chi connectivity index (χ2v) is 7.48. The highest BCUT2D eigenvalue weighted by atomic mass is 16.5. The molecule has 0 spiro atoms. The minimum atomic E-state index is -0.292. The maximum atomic E-state index is 13.0. The summed E-state index contributed by atoms with van der Waals surface area (Å²) in [6, 6.07) is 9.47. The van der Waals surface area contributed by atoms with E-state index < -0.39 is 0 Å². The fourth-order valence-electron chi connectivity index (χ4n) is 3.83. The third-order valence-electron chi connectivity index (χ3n) is 5.46. The Labute approximate surface area is 177 Å². The third kappa shape index (κ3) is 5.71. The molecule has 2 amide bonds. The van der Waals surface area contributed by atoms with E-state index in [2.05, 4.69) is 11.0 Å². The predicted molar refractivity (Wildman–Crippen MR) is 112 cm³/mol. The molecular weight excluding hydrogens is 384 g/mol. The van der Waals surface area contributed by atoms with Crippen LogP contribution in [-0.2, 0) is 14.3 Å². The van der Waals surface area contributed by atoms with Crippen LogP contribution < -0.4 is 9.64 Å². The van der Waals surface area contributed by atoms with Crippen LogP contribution in [0.4, 0.5) is 5.69 Å². The number of nitriles is 1. The first kappa shape index (κ1) is 22.1. The standard InChI is InChI=1S/C22H30N4O4/c1-2-29-19-8-6-18(7-9-19)26(11-4-10-23)21(27)17-24-12-14-25(15-13-24)22(28)20-5-3-16-30-20/h6-9,20H,2-5,11-17H2,1H3. The number of hydrogen-bond donors (Lipinski definition) is 0. The van der Waals surface area contributed by atoms with Crippen molar-refractivity contribution in [1.29, 1.82) is 5.26 Å². The fourth-order valence-corrected chi connectivity index (χ4v) is 3.83. The van der Waals surface area contributed by atoms with Crippen LogP contribution >= 0.6 is 0 Å². The Morgan fingerprint density at radius 3 is 2.57 bits per heavy atom. The number of carbonyl (C=O) groups is 2.